The van der Waals surface area contributed by atoms with Crippen molar-refractivity contribution in [2.24, 2.45) is 5.92 Å². The molecule has 2 fully saturated rings. The SMILES string of the molecule is COc1cc(N2CCS(=O)CC2)ccc1-n1nc(NCC2CCCNCC2)cc1-c1ccc(C#N)c(F)c1.O=C(O)C(F)(F)F.[CH3-].[Cs+]. The van der Waals surface area contributed by atoms with Crippen LogP contribution in [0.1, 0.15) is 24.8 Å². The minimum absolute atomic E-state index is 0. The van der Waals surface area contributed by atoms with E-state index in [9.17, 15) is 27.0 Å². The van der Waals surface area contributed by atoms with Crippen molar-refractivity contribution in [2.75, 3.05) is 61.6 Å². The third kappa shape index (κ3) is 11.5. The Bertz CT molecular complexity index is 1550. The summed E-state index contributed by atoms with van der Waals surface area (Å²) >= 11 is 0. The quantitative estimate of drug-likeness (QED) is 0.243. The first-order chi connectivity index (χ1) is 21.5. The molecule has 3 aromatic rings. The summed E-state index contributed by atoms with van der Waals surface area (Å²) in [4.78, 5) is 11.1. The molecule has 0 saturated carbocycles. The van der Waals surface area contributed by atoms with Crippen LogP contribution in [-0.4, -0.2) is 82.6 Å². The van der Waals surface area contributed by atoms with Gasteiger partial charge in [-0.3, -0.25) is 4.21 Å². The van der Waals surface area contributed by atoms with Gasteiger partial charge >= 0.3 is 81.0 Å². The van der Waals surface area contributed by atoms with E-state index < -0.39 is 28.8 Å². The third-order valence-electron chi connectivity index (χ3n) is 7.54. The van der Waals surface area contributed by atoms with Crippen LogP contribution in [0.25, 0.3) is 16.9 Å². The molecular weight excluding hydrogens is 761 g/mol. The Morgan fingerprint density at radius 2 is 1.87 bits per heavy atom. The second kappa shape index (κ2) is 19.2. The summed E-state index contributed by atoms with van der Waals surface area (Å²) in [5.41, 5.74) is 3.04. The number of carboxylic acids is 1. The van der Waals surface area contributed by atoms with Gasteiger partial charge in [0.1, 0.15) is 29.1 Å². The van der Waals surface area contributed by atoms with E-state index in [2.05, 4.69) is 15.5 Å². The zero-order valence-electron chi connectivity index (χ0n) is 26.6. The first-order valence-electron chi connectivity index (χ1n) is 14.3. The predicted octanol–water partition coefficient (Wildman–Crippen LogP) is 2.02. The molecule has 5 rings (SSSR count). The maximum absolute atomic E-state index is 14.6. The van der Waals surface area contributed by atoms with Gasteiger partial charge in [0.25, 0.3) is 0 Å². The van der Waals surface area contributed by atoms with Crippen LogP contribution in [-0.2, 0) is 15.6 Å². The van der Waals surface area contributed by atoms with Crippen molar-refractivity contribution in [3.05, 3.63) is 61.3 Å². The summed E-state index contributed by atoms with van der Waals surface area (Å²) in [6.07, 6.45) is -1.65. The molecule has 0 bridgehead atoms. The molecular formula is C31H37CsF4N6O4S. The van der Waals surface area contributed by atoms with Gasteiger partial charge < -0.3 is 32.8 Å². The molecule has 0 spiro atoms. The standard InChI is InChI=1S/C28H33FN6O2S.C2HF3O2.CH3.Cs/c1-37-27-16-23(34-11-13-38(36)14-12-34)6-7-25(27)35-26(21-4-5-22(18-30)24(29)15-21)17-28(33-35)32-19-20-3-2-9-31-10-8-20;3-2(4,5)1(6)7;;/h4-7,15-17,20,31H,2-3,8-14,19H2,1H3,(H,32,33);(H,6,7);1H3;/q;;-1;+1. The molecule has 3 N–H and O–H groups in total. The fraction of sp³-hybridized carbons (Fsp3) is 0.419. The topological polar surface area (TPSA) is 133 Å². The van der Waals surface area contributed by atoms with E-state index in [-0.39, 0.29) is 81.9 Å². The largest absolute Gasteiger partial charge is 1.00 e. The molecule has 2 saturated heterocycles. The number of ether oxygens (including phenoxy) is 1. The Labute approximate surface area is 333 Å². The molecule has 2 aliphatic heterocycles. The number of hydrogen-bond acceptors (Lipinski definition) is 8. The second-order valence-corrected chi connectivity index (χ2v) is 12.3. The Balaban J connectivity index is 0.000000771. The first kappa shape index (κ1) is 41.1. The molecule has 250 valence electrons. The molecule has 2 aliphatic rings. The molecule has 0 radical (unpaired) electrons. The Hall–Kier alpha value is -2.11. The minimum atomic E-state index is -5.08. The van der Waals surface area contributed by atoms with Crippen LogP contribution in [0.3, 0.4) is 0 Å². The molecule has 47 heavy (non-hydrogen) atoms. The van der Waals surface area contributed by atoms with Gasteiger partial charge in [-0.1, -0.05) is 6.07 Å². The van der Waals surface area contributed by atoms with Gasteiger partial charge in [-0.25, -0.2) is 13.9 Å². The average molecular weight is 799 g/mol. The summed E-state index contributed by atoms with van der Waals surface area (Å²) in [6.45, 7) is 4.36. The van der Waals surface area contributed by atoms with Crippen molar-refractivity contribution < 1.29 is 105 Å². The van der Waals surface area contributed by atoms with Gasteiger partial charge in [0.05, 0.1) is 18.4 Å². The van der Waals surface area contributed by atoms with Gasteiger partial charge in [-0.15, -0.1) is 5.10 Å². The average Bonchev–Trinajstić information content (AvgIpc) is 3.26. The maximum atomic E-state index is 14.6. The number of alkyl halides is 3. The molecule has 16 heteroatoms. The third-order valence-corrected chi connectivity index (χ3v) is 8.81. The normalized spacial score (nSPS) is 16.7. The van der Waals surface area contributed by atoms with Crippen LogP contribution < -0.4 is 89.2 Å². The van der Waals surface area contributed by atoms with Crippen LogP contribution in [0.15, 0.2) is 42.5 Å². The van der Waals surface area contributed by atoms with Crippen molar-refractivity contribution in [1.82, 2.24) is 15.1 Å². The fourth-order valence-electron chi connectivity index (χ4n) is 5.10. The number of methoxy groups -OCH3 is 1. The number of hydrogen-bond donors (Lipinski definition) is 3. The van der Waals surface area contributed by atoms with Crippen molar-refractivity contribution >= 4 is 28.3 Å². The summed E-state index contributed by atoms with van der Waals surface area (Å²) < 4.78 is 65.7. The molecule has 2 aromatic carbocycles. The maximum Gasteiger partial charge on any atom is 1.00 e. The van der Waals surface area contributed by atoms with E-state index in [0.717, 1.165) is 63.4 Å². The van der Waals surface area contributed by atoms with Crippen LogP contribution in [0.2, 0.25) is 0 Å². The Kier molecular flexibility index (Phi) is 16.8. The van der Waals surface area contributed by atoms with Crippen molar-refractivity contribution in [2.45, 2.75) is 25.4 Å². The van der Waals surface area contributed by atoms with Crippen LogP contribution in [0.5, 0.6) is 5.75 Å². The predicted molar refractivity (Wildman–Crippen MR) is 169 cm³/mol. The van der Waals surface area contributed by atoms with E-state index in [1.54, 1.807) is 17.9 Å². The van der Waals surface area contributed by atoms with E-state index >= 15 is 0 Å². The first-order valence-corrected chi connectivity index (χ1v) is 15.8. The Morgan fingerprint density at radius 1 is 1.17 bits per heavy atom. The van der Waals surface area contributed by atoms with Crippen LogP contribution in [0, 0.1) is 30.5 Å². The van der Waals surface area contributed by atoms with Crippen LogP contribution >= 0.6 is 0 Å². The fourth-order valence-corrected chi connectivity index (χ4v) is 6.15. The zero-order valence-corrected chi connectivity index (χ0v) is 33.7. The van der Waals surface area contributed by atoms with Crippen LogP contribution in [0.4, 0.5) is 29.1 Å². The number of nitrogens with zero attached hydrogens (tertiary/aromatic N) is 4. The molecule has 10 nitrogen and oxygen atoms in total. The number of nitrogens with one attached hydrogen (secondary N) is 2. The molecule has 0 aliphatic carbocycles. The number of rotatable bonds is 7. The van der Waals surface area contributed by atoms with Gasteiger partial charge in [0, 0.05) is 65.3 Å². The zero-order chi connectivity index (χ0) is 32.6. The summed E-state index contributed by atoms with van der Waals surface area (Å²) in [5.74, 6) is -0.122. The molecule has 1 atom stereocenters. The molecule has 3 heterocycles. The summed E-state index contributed by atoms with van der Waals surface area (Å²) in [7, 11) is 0.867. The molecule has 0 amide bonds. The van der Waals surface area contributed by atoms with Gasteiger partial charge in [-0.2, -0.15) is 18.4 Å². The number of benzene rings is 2. The smallest absolute Gasteiger partial charge is 0.494 e. The number of aromatic nitrogens is 2. The number of aliphatic carboxylic acids is 1. The van der Waals surface area contributed by atoms with E-state index in [1.165, 1.54) is 12.1 Å². The minimum Gasteiger partial charge on any atom is -0.494 e. The number of carbonyl (C=O) groups is 1. The Morgan fingerprint density at radius 3 is 2.49 bits per heavy atom. The number of nitriles is 1. The monoisotopic (exact) mass is 798 g/mol. The summed E-state index contributed by atoms with van der Waals surface area (Å²) in [6, 6.07) is 14.4. The molecule has 1 aromatic heterocycles. The van der Waals surface area contributed by atoms with Gasteiger partial charge in [0.2, 0.25) is 0 Å². The van der Waals surface area contributed by atoms with Crippen molar-refractivity contribution in [3.8, 4) is 28.8 Å². The number of carboxylic acid groups (broad SMARTS) is 1. The van der Waals surface area contributed by atoms with E-state index in [0.29, 0.717) is 40.2 Å². The van der Waals surface area contributed by atoms with Gasteiger partial charge in [0.15, 0.2) is 0 Å². The van der Waals surface area contributed by atoms with E-state index in [4.69, 9.17) is 19.7 Å². The summed E-state index contributed by atoms with van der Waals surface area (Å²) in [5, 5.41) is 28.1. The van der Waals surface area contributed by atoms with Gasteiger partial charge in [-0.05, 0) is 62.5 Å². The van der Waals surface area contributed by atoms with Crippen molar-refractivity contribution in [1.29, 1.82) is 5.26 Å². The van der Waals surface area contributed by atoms with E-state index in [1.807, 2.05) is 30.3 Å². The van der Waals surface area contributed by atoms with Crippen molar-refractivity contribution in [3.63, 3.8) is 0 Å². The second-order valence-electron chi connectivity index (χ2n) is 10.6. The number of halogens is 4. The number of anilines is 2. The molecule has 1 unspecified atom stereocenters.